The summed E-state index contributed by atoms with van der Waals surface area (Å²) in [5.74, 6) is -0.782. The number of nitrogens with one attached hydrogen (secondary N) is 1. The summed E-state index contributed by atoms with van der Waals surface area (Å²) in [4.78, 5) is 28.2. The van der Waals surface area contributed by atoms with Crippen LogP contribution in [0.3, 0.4) is 0 Å². The fourth-order valence-corrected chi connectivity index (χ4v) is 3.17. The van der Waals surface area contributed by atoms with E-state index in [1.54, 1.807) is 35.6 Å². The van der Waals surface area contributed by atoms with E-state index in [0.29, 0.717) is 28.3 Å². The predicted octanol–water partition coefficient (Wildman–Crippen LogP) is 3.06. The van der Waals surface area contributed by atoms with Gasteiger partial charge in [-0.05, 0) is 65.7 Å². The van der Waals surface area contributed by atoms with Gasteiger partial charge in [0.25, 0.3) is 5.91 Å². The molecule has 24 heavy (non-hydrogen) atoms. The maximum atomic E-state index is 12.7. The second kappa shape index (κ2) is 6.09. The molecule has 1 aromatic carbocycles. The van der Waals surface area contributed by atoms with Gasteiger partial charge in [-0.2, -0.15) is 0 Å². The standard InChI is InChI=1S/C17H15BrN4O2/c1-9-7-13(18)16-20-10(2)14(22(16)8-9)17(24)21-12-5-3-11(4-6-12)15(19)23/h3-8H,1-2H3,(H2,19,23)(H,21,24). The summed E-state index contributed by atoms with van der Waals surface area (Å²) in [6, 6.07) is 8.36. The van der Waals surface area contributed by atoms with Gasteiger partial charge in [0.2, 0.25) is 5.91 Å². The van der Waals surface area contributed by atoms with E-state index in [1.165, 1.54) is 0 Å². The summed E-state index contributed by atoms with van der Waals surface area (Å²) < 4.78 is 2.59. The molecule has 0 fully saturated rings. The molecule has 0 aliphatic heterocycles. The number of imidazole rings is 1. The number of hydrogen-bond donors (Lipinski definition) is 2. The molecule has 7 heteroatoms. The quantitative estimate of drug-likeness (QED) is 0.724. The molecule has 2 aromatic heterocycles. The monoisotopic (exact) mass is 386 g/mol. The fourth-order valence-electron chi connectivity index (χ4n) is 2.53. The SMILES string of the molecule is Cc1cc(Br)c2nc(C)c(C(=O)Nc3ccc(C(N)=O)cc3)n2c1. The number of aromatic nitrogens is 2. The Morgan fingerprint density at radius 3 is 2.50 bits per heavy atom. The topological polar surface area (TPSA) is 89.5 Å². The molecular formula is C17H15BrN4O2. The lowest BCUT2D eigenvalue weighted by molar-refractivity contribution is 0.0997. The Bertz CT molecular complexity index is 961. The van der Waals surface area contributed by atoms with E-state index < -0.39 is 5.91 Å². The van der Waals surface area contributed by atoms with Gasteiger partial charge < -0.3 is 11.1 Å². The van der Waals surface area contributed by atoms with Crippen molar-refractivity contribution < 1.29 is 9.59 Å². The largest absolute Gasteiger partial charge is 0.366 e. The smallest absolute Gasteiger partial charge is 0.274 e. The van der Waals surface area contributed by atoms with Gasteiger partial charge in [-0.1, -0.05) is 0 Å². The molecule has 0 saturated carbocycles. The van der Waals surface area contributed by atoms with Crippen LogP contribution in [0.25, 0.3) is 5.65 Å². The molecule has 0 radical (unpaired) electrons. The average Bonchev–Trinajstić information content (AvgIpc) is 2.84. The van der Waals surface area contributed by atoms with Gasteiger partial charge in [0, 0.05) is 17.4 Å². The van der Waals surface area contributed by atoms with E-state index in [9.17, 15) is 9.59 Å². The molecular weight excluding hydrogens is 372 g/mol. The number of aryl methyl sites for hydroxylation is 2. The second-order valence-electron chi connectivity index (χ2n) is 5.50. The molecule has 3 N–H and O–H groups in total. The number of nitrogens with zero attached hydrogens (tertiary/aromatic N) is 2. The normalized spacial score (nSPS) is 10.8. The Morgan fingerprint density at radius 1 is 1.21 bits per heavy atom. The first-order valence-corrected chi connectivity index (χ1v) is 8.02. The third-order valence-electron chi connectivity index (χ3n) is 3.63. The van der Waals surface area contributed by atoms with Crippen LogP contribution in [0.5, 0.6) is 0 Å². The maximum Gasteiger partial charge on any atom is 0.274 e. The molecule has 3 rings (SSSR count). The van der Waals surface area contributed by atoms with Crippen molar-refractivity contribution in [2.75, 3.05) is 5.32 Å². The molecule has 0 bridgehead atoms. The van der Waals surface area contributed by atoms with E-state index in [1.807, 2.05) is 19.2 Å². The molecule has 2 heterocycles. The van der Waals surface area contributed by atoms with Crippen LogP contribution >= 0.6 is 15.9 Å². The zero-order valence-corrected chi connectivity index (χ0v) is 14.7. The maximum absolute atomic E-state index is 12.7. The number of hydrogen-bond acceptors (Lipinski definition) is 3. The van der Waals surface area contributed by atoms with Crippen molar-refractivity contribution in [3.8, 4) is 0 Å². The first kappa shape index (κ1) is 16.2. The molecule has 6 nitrogen and oxygen atoms in total. The Kier molecular flexibility index (Phi) is 4.11. The van der Waals surface area contributed by atoms with E-state index in [2.05, 4.69) is 26.2 Å². The van der Waals surface area contributed by atoms with E-state index in [0.717, 1.165) is 10.0 Å². The summed E-state index contributed by atoms with van der Waals surface area (Å²) >= 11 is 3.47. The first-order valence-electron chi connectivity index (χ1n) is 7.23. The van der Waals surface area contributed by atoms with Gasteiger partial charge in [-0.15, -0.1) is 0 Å². The lowest BCUT2D eigenvalue weighted by atomic mass is 10.2. The van der Waals surface area contributed by atoms with Crippen LogP contribution in [0, 0.1) is 13.8 Å². The number of benzene rings is 1. The number of fused-ring (bicyclic) bond motifs is 1. The van der Waals surface area contributed by atoms with Crippen molar-refractivity contribution in [2.45, 2.75) is 13.8 Å². The fraction of sp³-hybridized carbons (Fsp3) is 0.118. The van der Waals surface area contributed by atoms with Gasteiger partial charge in [-0.3, -0.25) is 14.0 Å². The highest BCUT2D eigenvalue weighted by Gasteiger charge is 2.18. The van der Waals surface area contributed by atoms with Gasteiger partial charge in [0.15, 0.2) is 5.65 Å². The minimum absolute atomic E-state index is 0.274. The summed E-state index contributed by atoms with van der Waals surface area (Å²) in [6.45, 7) is 3.74. The van der Waals surface area contributed by atoms with Gasteiger partial charge in [0.1, 0.15) is 5.69 Å². The van der Waals surface area contributed by atoms with Crippen molar-refractivity contribution in [3.05, 3.63) is 63.5 Å². The number of primary amides is 1. The number of carbonyl (C=O) groups excluding carboxylic acids is 2. The minimum atomic E-state index is -0.508. The number of anilines is 1. The second-order valence-corrected chi connectivity index (χ2v) is 6.35. The van der Waals surface area contributed by atoms with Crippen molar-refractivity contribution in [1.29, 1.82) is 0 Å². The Morgan fingerprint density at radius 2 is 1.88 bits per heavy atom. The molecule has 0 spiro atoms. The summed E-state index contributed by atoms with van der Waals surface area (Å²) in [5.41, 5.74) is 8.96. The summed E-state index contributed by atoms with van der Waals surface area (Å²) in [5, 5.41) is 2.82. The zero-order chi connectivity index (χ0) is 17.4. The van der Waals surface area contributed by atoms with Crippen molar-refractivity contribution >= 4 is 39.1 Å². The zero-order valence-electron chi connectivity index (χ0n) is 13.1. The minimum Gasteiger partial charge on any atom is -0.366 e. The number of pyridine rings is 1. The first-order chi connectivity index (χ1) is 11.4. The molecule has 3 aromatic rings. The van der Waals surface area contributed by atoms with Crippen molar-refractivity contribution in [3.63, 3.8) is 0 Å². The number of rotatable bonds is 3. The van der Waals surface area contributed by atoms with Crippen LogP contribution in [0.4, 0.5) is 5.69 Å². The third-order valence-corrected chi connectivity index (χ3v) is 4.21. The Balaban J connectivity index is 1.97. The van der Waals surface area contributed by atoms with Crippen LogP contribution in [-0.2, 0) is 0 Å². The molecule has 0 unspecified atom stereocenters. The van der Waals surface area contributed by atoms with Crippen molar-refractivity contribution in [1.82, 2.24) is 9.38 Å². The summed E-state index contributed by atoms with van der Waals surface area (Å²) in [7, 11) is 0. The Labute approximate surface area is 146 Å². The van der Waals surface area contributed by atoms with Gasteiger partial charge in [-0.25, -0.2) is 4.98 Å². The third kappa shape index (κ3) is 2.90. The van der Waals surface area contributed by atoms with Crippen molar-refractivity contribution in [2.24, 2.45) is 5.73 Å². The van der Waals surface area contributed by atoms with Gasteiger partial charge in [0.05, 0.1) is 10.2 Å². The van der Waals surface area contributed by atoms with E-state index in [4.69, 9.17) is 5.73 Å². The lowest BCUT2D eigenvalue weighted by Gasteiger charge is -2.07. The van der Waals surface area contributed by atoms with E-state index in [-0.39, 0.29) is 5.91 Å². The van der Waals surface area contributed by atoms with Crippen LogP contribution < -0.4 is 11.1 Å². The molecule has 0 aliphatic carbocycles. The molecule has 122 valence electrons. The van der Waals surface area contributed by atoms with Crippen LogP contribution in [0.15, 0.2) is 41.0 Å². The predicted molar refractivity (Wildman–Crippen MR) is 95.3 cm³/mol. The molecule has 0 aliphatic rings. The van der Waals surface area contributed by atoms with Crippen LogP contribution in [0.1, 0.15) is 32.1 Å². The molecule has 2 amide bonds. The highest BCUT2D eigenvalue weighted by Crippen LogP contribution is 2.23. The average molecular weight is 387 g/mol. The van der Waals surface area contributed by atoms with Crippen LogP contribution in [0.2, 0.25) is 0 Å². The number of halogens is 1. The highest BCUT2D eigenvalue weighted by molar-refractivity contribution is 9.10. The highest BCUT2D eigenvalue weighted by atomic mass is 79.9. The number of carbonyl (C=O) groups is 2. The lowest BCUT2D eigenvalue weighted by Crippen LogP contribution is -2.16. The molecule has 0 atom stereocenters. The number of nitrogens with two attached hydrogens (primary N) is 1. The summed E-state index contributed by atoms with van der Waals surface area (Å²) in [6.07, 6.45) is 1.87. The van der Waals surface area contributed by atoms with E-state index >= 15 is 0 Å². The molecule has 0 saturated heterocycles. The van der Waals surface area contributed by atoms with Gasteiger partial charge >= 0.3 is 0 Å². The number of amides is 2. The van der Waals surface area contributed by atoms with Crippen LogP contribution in [-0.4, -0.2) is 21.2 Å². The Hall–Kier alpha value is -2.67.